The SMILES string of the molecule is COc1ccc(CCCNC(=O)C2CCN(Cc3nc(-c4ccc(Cl)cc4Cl)no3)CC2)cc1OC. The number of likely N-dealkylation sites (tertiary alicyclic amines) is 1. The van der Waals surface area contributed by atoms with Crippen LogP contribution in [-0.2, 0) is 17.8 Å². The average molecular weight is 533 g/mol. The van der Waals surface area contributed by atoms with Gasteiger partial charge in [-0.3, -0.25) is 9.69 Å². The monoisotopic (exact) mass is 532 g/mol. The highest BCUT2D eigenvalue weighted by atomic mass is 35.5. The van der Waals surface area contributed by atoms with Crippen molar-refractivity contribution in [2.75, 3.05) is 33.9 Å². The lowest BCUT2D eigenvalue weighted by Crippen LogP contribution is -2.40. The zero-order valence-corrected chi connectivity index (χ0v) is 21.9. The third-order valence-corrected chi connectivity index (χ3v) is 6.89. The summed E-state index contributed by atoms with van der Waals surface area (Å²) in [6.07, 6.45) is 3.31. The van der Waals surface area contributed by atoms with Gasteiger partial charge in [-0.25, -0.2) is 0 Å². The summed E-state index contributed by atoms with van der Waals surface area (Å²) in [5.41, 5.74) is 1.83. The van der Waals surface area contributed by atoms with E-state index in [1.807, 2.05) is 18.2 Å². The number of rotatable bonds is 10. The molecule has 2 heterocycles. The van der Waals surface area contributed by atoms with Crippen molar-refractivity contribution in [3.05, 3.63) is 57.9 Å². The largest absolute Gasteiger partial charge is 0.493 e. The highest BCUT2D eigenvalue weighted by Gasteiger charge is 2.26. The molecular formula is C26H30Cl2N4O4. The van der Waals surface area contributed by atoms with E-state index in [4.69, 9.17) is 37.2 Å². The van der Waals surface area contributed by atoms with E-state index in [9.17, 15) is 4.79 Å². The van der Waals surface area contributed by atoms with Crippen molar-refractivity contribution in [3.63, 3.8) is 0 Å². The van der Waals surface area contributed by atoms with E-state index in [-0.39, 0.29) is 11.8 Å². The van der Waals surface area contributed by atoms with Gasteiger partial charge in [-0.15, -0.1) is 0 Å². The quantitative estimate of drug-likeness (QED) is 0.366. The van der Waals surface area contributed by atoms with E-state index >= 15 is 0 Å². The minimum Gasteiger partial charge on any atom is -0.493 e. The first kappa shape index (κ1) is 26.3. The number of amides is 1. The molecule has 0 saturated carbocycles. The van der Waals surface area contributed by atoms with E-state index in [1.54, 1.807) is 32.4 Å². The number of hydrogen-bond acceptors (Lipinski definition) is 7. The number of aromatic nitrogens is 2. The molecule has 1 saturated heterocycles. The van der Waals surface area contributed by atoms with E-state index in [0.29, 0.717) is 46.2 Å². The summed E-state index contributed by atoms with van der Waals surface area (Å²) < 4.78 is 16.1. The Bertz CT molecular complexity index is 1180. The first-order valence-electron chi connectivity index (χ1n) is 12.0. The number of benzene rings is 2. The fourth-order valence-electron chi connectivity index (χ4n) is 4.33. The molecule has 4 rings (SSSR count). The van der Waals surface area contributed by atoms with Crippen molar-refractivity contribution in [1.29, 1.82) is 0 Å². The Morgan fingerprint density at radius 3 is 2.61 bits per heavy atom. The molecule has 2 aromatic carbocycles. The summed E-state index contributed by atoms with van der Waals surface area (Å²) in [7, 11) is 3.25. The molecule has 1 aliphatic rings. The molecule has 0 spiro atoms. The Morgan fingerprint density at radius 2 is 1.89 bits per heavy atom. The van der Waals surface area contributed by atoms with Crippen molar-refractivity contribution < 1.29 is 18.8 Å². The van der Waals surface area contributed by atoms with Crippen LogP contribution in [0.25, 0.3) is 11.4 Å². The van der Waals surface area contributed by atoms with Gasteiger partial charge in [0.1, 0.15) is 0 Å². The molecule has 10 heteroatoms. The molecule has 1 fully saturated rings. The Kier molecular flexibility index (Phi) is 9.07. The van der Waals surface area contributed by atoms with Gasteiger partial charge in [0.2, 0.25) is 17.6 Å². The van der Waals surface area contributed by atoms with Crippen molar-refractivity contribution in [2.24, 2.45) is 5.92 Å². The van der Waals surface area contributed by atoms with Crippen molar-refractivity contribution in [1.82, 2.24) is 20.4 Å². The topological polar surface area (TPSA) is 89.7 Å². The lowest BCUT2D eigenvalue weighted by Gasteiger charge is -2.30. The molecule has 3 aromatic rings. The molecule has 8 nitrogen and oxygen atoms in total. The zero-order valence-electron chi connectivity index (χ0n) is 20.4. The molecule has 1 aromatic heterocycles. The Labute approximate surface area is 220 Å². The number of halogens is 2. The minimum absolute atomic E-state index is 0.0217. The van der Waals surface area contributed by atoms with E-state index in [0.717, 1.165) is 50.1 Å². The second-order valence-electron chi connectivity index (χ2n) is 8.77. The maximum absolute atomic E-state index is 12.6. The molecule has 1 N–H and O–H groups in total. The lowest BCUT2D eigenvalue weighted by atomic mass is 9.96. The number of aryl methyl sites for hydroxylation is 1. The van der Waals surface area contributed by atoms with E-state index in [2.05, 4.69) is 20.4 Å². The van der Waals surface area contributed by atoms with Crippen LogP contribution < -0.4 is 14.8 Å². The summed E-state index contributed by atoms with van der Waals surface area (Å²) in [6.45, 7) is 2.77. The van der Waals surface area contributed by atoms with E-state index < -0.39 is 0 Å². The summed E-state index contributed by atoms with van der Waals surface area (Å²) in [5, 5.41) is 8.17. The third kappa shape index (κ3) is 6.69. The van der Waals surface area contributed by atoms with Crippen LogP contribution in [0.1, 0.15) is 30.7 Å². The molecule has 0 bridgehead atoms. The lowest BCUT2D eigenvalue weighted by molar-refractivity contribution is -0.126. The molecule has 192 valence electrons. The van der Waals surface area contributed by atoms with E-state index in [1.165, 1.54) is 0 Å². The first-order chi connectivity index (χ1) is 17.5. The molecule has 36 heavy (non-hydrogen) atoms. The van der Waals surface area contributed by atoms with Gasteiger partial charge >= 0.3 is 0 Å². The fraction of sp³-hybridized carbons (Fsp3) is 0.423. The number of ether oxygens (including phenoxy) is 2. The molecule has 0 unspecified atom stereocenters. The summed E-state index contributed by atoms with van der Waals surface area (Å²) >= 11 is 12.2. The fourth-order valence-corrected chi connectivity index (χ4v) is 4.82. The number of hydrogen-bond donors (Lipinski definition) is 1. The van der Waals surface area contributed by atoms with Crippen molar-refractivity contribution >= 4 is 29.1 Å². The van der Waals surface area contributed by atoms with Crippen LogP contribution in [0.3, 0.4) is 0 Å². The summed E-state index contributed by atoms with van der Waals surface area (Å²) in [5.74, 6) is 2.54. The summed E-state index contributed by atoms with van der Waals surface area (Å²) in [6, 6.07) is 11.1. The van der Waals surface area contributed by atoms with Crippen molar-refractivity contribution in [3.8, 4) is 22.9 Å². The highest BCUT2D eigenvalue weighted by Crippen LogP contribution is 2.29. The van der Waals surface area contributed by atoms with Crippen LogP contribution in [0.2, 0.25) is 10.0 Å². The highest BCUT2D eigenvalue weighted by molar-refractivity contribution is 6.36. The molecule has 0 atom stereocenters. The smallest absolute Gasteiger partial charge is 0.241 e. The van der Waals surface area contributed by atoms with Gasteiger partial charge in [-0.1, -0.05) is 34.4 Å². The van der Waals surface area contributed by atoms with Crippen LogP contribution in [-0.4, -0.2) is 54.8 Å². The van der Waals surface area contributed by atoms with Crippen molar-refractivity contribution in [2.45, 2.75) is 32.2 Å². The zero-order chi connectivity index (χ0) is 25.5. The average Bonchev–Trinajstić information content (AvgIpc) is 3.34. The second kappa shape index (κ2) is 12.4. The second-order valence-corrected chi connectivity index (χ2v) is 9.61. The van der Waals surface area contributed by atoms with Crippen LogP contribution in [0.4, 0.5) is 0 Å². The number of carbonyl (C=O) groups is 1. The number of piperidine rings is 1. The van der Waals surface area contributed by atoms with Gasteiger partial charge in [-0.05, 0) is 74.7 Å². The third-order valence-electron chi connectivity index (χ3n) is 6.35. The first-order valence-corrected chi connectivity index (χ1v) is 12.7. The molecular weight excluding hydrogens is 503 g/mol. The van der Waals surface area contributed by atoms with Gasteiger partial charge in [0.15, 0.2) is 11.5 Å². The number of carbonyl (C=O) groups excluding carboxylic acids is 1. The number of nitrogens with zero attached hydrogens (tertiary/aromatic N) is 3. The van der Waals surface area contributed by atoms with Crippen LogP contribution in [0, 0.1) is 5.92 Å². The predicted molar refractivity (Wildman–Crippen MR) is 139 cm³/mol. The Morgan fingerprint density at radius 1 is 1.11 bits per heavy atom. The Balaban J connectivity index is 1.18. The maximum atomic E-state index is 12.6. The molecule has 0 radical (unpaired) electrons. The van der Waals surface area contributed by atoms with Gasteiger partial charge < -0.3 is 19.3 Å². The summed E-state index contributed by atoms with van der Waals surface area (Å²) in [4.78, 5) is 19.3. The normalized spacial score (nSPS) is 14.6. The standard InChI is InChI=1S/C26H30Cl2N4O4/c1-34-22-8-5-17(14-23(22)35-2)4-3-11-29-26(33)18-9-12-32(13-10-18)16-24-30-25(31-36-24)20-7-6-19(27)15-21(20)28/h5-8,14-15,18H,3-4,9-13,16H2,1-2H3,(H,29,33). The van der Waals surface area contributed by atoms with Gasteiger partial charge in [-0.2, -0.15) is 4.98 Å². The molecule has 1 aliphatic heterocycles. The molecule has 0 aliphatic carbocycles. The maximum Gasteiger partial charge on any atom is 0.241 e. The number of nitrogens with one attached hydrogen (secondary N) is 1. The van der Waals surface area contributed by atoms with Crippen LogP contribution in [0.5, 0.6) is 11.5 Å². The van der Waals surface area contributed by atoms with Gasteiger partial charge in [0, 0.05) is 23.0 Å². The van der Waals surface area contributed by atoms with Gasteiger partial charge in [0.05, 0.1) is 25.8 Å². The number of methoxy groups -OCH3 is 2. The van der Waals surface area contributed by atoms with Crippen LogP contribution in [0.15, 0.2) is 40.9 Å². The van der Waals surface area contributed by atoms with Crippen LogP contribution >= 0.6 is 23.2 Å². The molecule has 1 amide bonds. The predicted octanol–water partition coefficient (Wildman–Crippen LogP) is 5.02. The Hall–Kier alpha value is -2.81. The van der Waals surface area contributed by atoms with Gasteiger partial charge in [0.25, 0.3) is 0 Å². The minimum atomic E-state index is 0.0217.